The molecule has 1 heterocycles. The lowest BCUT2D eigenvalue weighted by Gasteiger charge is -2.32. The van der Waals surface area contributed by atoms with Gasteiger partial charge in [-0.3, -0.25) is 9.59 Å². The maximum atomic E-state index is 12.9. The zero-order valence-corrected chi connectivity index (χ0v) is 16.3. The predicted octanol–water partition coefficient (Wildman–Crippen LogP) is 3.45. The Balaban J connectivity index is 1.53. The Hall–Kier alpha value is -2.60. The first-order valence-corrected chi connectivity index (χ1v) is 9.50. The number of nitrogens with zero attached hydrogens (tertiary/aromatic N) is 1. The number of hydrogen-bond donors (Lipinski definition) is 1. The highest BCUT2D eigenvalue weighted by atomic mass is 35.5. The van der Waals surface area contributed by atoms with Gasteiger partial charge in [0.1, 0.15) is 11.6 Å². The molecule has 0 aliphatic carbocycles. The summed E-state index contributed by atoms with van der Waals surface area (Å²) in [7, 11) is 1.52. The van der Waals surface area contributed by atoms with Gasteiger partial charge in [0.15, 0.2) is 0 Å². The lowest BCUT2D eigenvalue weighted by atomic mass is 10.0. The van der Waals surface area contributed by atoms with Crippen molar-refractivity contribution >= 4 is 23.4 Å². The number of rotatable bonds is 5. The van der Waals surface area contributed by atoms with E-state index in [0.717, 1.165) is 5.56 Å². The van der Waals surface area contributed by atoms with E-state index in [1.165, 1.54) is 19.2 Å². The van der Waals surface area contributed by atoms with Crippen molar-refractivity contribution in [3.63, 3.8) is 0 Å². The number of carbonyl (C=O) groups is 2. The Morgan fingerprint density at radius 3 is 2.50 bits per heavy atom. The first-order chi connectivity index (χ1) is 13.5. The number of hydrogen-bond acceptors (Lipinski definition) is 3. The molecule has 1 saturated heterocycles. The largest absolute Gasteiger partial charge is 0.496 e. The van der Waals surface area contributed by atoms with E-state index in [9.17, 15) is 14.0 Å². The van der Waals surface area contributed by atoms with Crippen molar-refractivity contribution in [3.8, 4) is 5.75 Å². The van der Waals surface area contributed by atoms with Crippen molar-refractivity contribution < 1.29 is 18.7 Å². The molecule has 2 aromatic carbocycles. The van der Waals surface area contributed by atoms with Gasteiger partial charge >= 0.3 is 0 Å². The number of methoxy groups -OCH3 is 1. The highest BCUT2D eigenvalue weighted by Crippen LogP contribution is 2.25. The van der Waals surface area contributed by atoms with Gasteiger partial charge in [0.25, 0.3) is 5.91 Å². The number of amides is 2. The van der Waals surface area contributed by atoms with Crippen molar-refractivity contribution in [1.29, 1.82) is 0 Å². The minimum absolute atomic E-state index is 0.0123. The van der Waals surface area contributed by atoms with Gasteiger partial charge in [0.2, 0.25) is 5.91 Å². The van der Waals surface area contributed by atoms with Crippen molar-refractivity contribution in [1.82, 2.24) is 10.2 Å². The fourth-order valence-corrected chi connectivity index (χ4v) is 3.48. The molecule has 148 valence electrons. The molecular weight excluding hydrogens is 383 g/mol. The van der Waals surface area contributed by atoms with Crippen LogP contribution in [0.1, 0.15) is 28.8 Å². The summed E-state index contributed by atoms with van der Waals surface area (Å²) < 4.78 is 18.2. The van der Waals surface area contributed by atoms with Gasteiger partial charge in [-0.2, -0.15) is 0 Å². The van der Waals surface area contributed by atoms with E-state index >= 15 is 0 Å². The van der Waals surface area contributed by atoms with Crippen molar-refractivity contribution in [3.05, 3.63) is 64.4 Å². The third kappa shape index (κ3) is 5.01. The number of halogens is 2. The molecule has 1 N–H and O–H groups in total. The molecule has 2 amide bonds. The van der Waals surface area contributed by atoms with Crippen LogP contribution in [-0.2, 0) is 11.2 Å². The van der Waals surface area contributed by atoms with E-state index < -0.39 is 0 Å². The van der Waals surface area contributed by atoms with Crippen LogP contribution in [0, 0.1) is 5.82 Å². The molecule has 0 atom stereocenters. The van der Waals surface area contributed by atoms with Gasteiger partial charge in [0.05, 0.1) is 19.1 Å². The van der Waals surface area contributed by atoms with E-state index in [0.29, 0.717) is 42.3 Å². The van der Waals surface area contributed by atoms with Crippen molar-refractivity contribution in [2.45, 2.75) is 25.3 Å². The summed E-state index contributed by atoms with van der Waals surface area (Å²) in [6.07, 6.45) is 1.55. The monoisotopic (exact) mass is 404 g/mol. The summed E-state index contributed by atoms with van der Waals surface area (Å²) >= 11 is 6.02. The highest BCUT2D eigenvalue weighted by Gasteiger charge is 2.26. The van der Waals surface area contributed by atoms with E-state index in [4.69, 9.17) is 16.3 Å². The summed E-state index contributed by atoms with van der Waals surface area (Å²) in [6.45, 7) is 1.08. The van der Waals surface area contributed by atoms with Crippen LogP contribution in [0.4, 0.5) is 4.39 Å². The fraction of sp³-hybridized carbons (Fsp3) is 0.333. The summed E-state index contributed by atoms with van der Waals surface area (Å²) in [6, 6.07) is 10.9. The molecule has 7 heteroatoms. The van der Waals surface area contributed by atoms with Gasteiger partial charge in [0, 0.05) is 24.2 Å². The van der Waals surface area contributed by atoms with Crippen molar-refractivity contribution in [2.75, 3.05) is 20.2 Å². The Morgan fingerprint density at radius 1 is 1.18 bits per heavy atom. The maximum absolute atomic E-state index is 12.9. The number of likely N-dealkylation sites (tertiary alicyclic amines) is 1. The first-order valence-electron chi connectivity index (χ1n) is 9.13. The molecule has 0 spiro atoms. The average molecular weight is 405 g/mol. The lowest BCUT2D eigenvalue weighted by Crippen LogP contribution is -2.47. The molecular formula is C21H22ClFN2O3. The third-order valence-electron chi connectivity index (χ3n) is 4.82. The summed E-state index contributed by atoms with van der Waals surface area (Å²) in [5.41, 5.74) is 1.20. The van der Waals surface area contributed by atoms with Crippen LogP contribution in [0.25, 0.3) is 0 Å². The molecule has 1 aliphatic heterocycles. The van der Waals surface area contributed by atoms with Gasteiger partial charge < -0.3 is 15.0 Å². The number of nitrogens with one attached hydrogen (secondary N) is 1. The molecule has 0 aromatic heterocycles. The zero-order chi connectivity index (χ0) is 20.1. The van der Waals surface area contributed by atoms with Gasteiger partial charge in [-0.25, -0.2) is 4.39 Å². The molecule has 28 heavy (non-hydrogen) atoms. The molecule has 5 nitrogen and oxygen atoms in total. The van der Waals surface area contributed by atoms with Crippen LogP contribution in [0.15, 0.2) is 42.5 Å². The van der Waals surface area contributed by atoms with E-state index in [1.807, 2.05) is 0 Å². The third-order valence-corrected chi connectivity index (χ3v) is 5.05. The van der Waals surface area contributed by atoms with Crippen LogP contribution < -0.4 is 10.1 Å². The van der Waals surface area contributed by atoms with E-state index in [2.05, 4.69) is 5.32 Å². The summed E-state index contributed by atoms with van der Waals surface area (Å²) in [4.78, 5) is 26.8. The Kier molecular flexibility index (Phi) is 6.52. The number of ether oxygens (including phenoxy) is 1. The molecule has 1 aliphatic rings. The summed E-state index contributed by atoms with van der Waals surface area (Å²) in [5.74, 6) is -0.0648. The molecule has 2 aromatic rings. The van der Waals surface area contributed by atoms with Crippen molar-refractivity contribution in [2.24, 2.45) is 0 Å². The minimum atomic E-state index is -0.322. The molecule has 0 saturated carbocycles. The second-order valence-electron chi connectivity index (χ2n) is 6.78. The maximum Gasteiger partial charge on any atom is 0.257 e. The topological polar surface area (TPSA) is 58.6 Å². The van der Waals surface area contributed by atoms with Crippen LogP contribution in [-0.4, -0.2) is 43.0 Å². The Labute approximate surface area is 168 Å². The molecule has 3 rings (SSSR count). The second kappa shape index (κ2) is 9.06. The molecule has 1 fully saturated rings. The lowest BCUT2D eigenvalue weighted by molar-refractivity contribution is -0.121. The fourth-order valence-electron chi connectivity index (χ4n) is 3.31. The second-order valence-corrected chi connectivity index (χ2v) is 7.22. The summed E-state index contributed by atoms with van der Waals surface area (Å²) in [5, 5.41) is 3.48. The molecule has 0 radical (unpaired) electrons. The number of piperidine rings is 1. The van der Waals surface area contributed by atoms with Gasteiger partial charge in [-0.15, -0.1) is 0 Å². The highest BCUT2D eigenvalue weighted by molar-refractivity contribution is 6.31. The number of carbonyl (C=O) groups excluding carboxylic acids is 2. The average Bonchev–Trinajstić information content (AvgIpc) is 2.69. The quantitative estimate of drug-likeness (QED) is 0.830. The van der Waals surface area contributed by atoms with E-state index in [1.54, 1.807) is 35.2 Å². The smallest absolute Gasteiger partial charge is 0.257 e. The SMILES string of the molecule is COc1ccc(Cl)cc1C(=O)N1CCC(NC(=O)Cc2ccc(F)cc2)CC1. The van der Waals surface area contributed by atoms with Crippen LogP contribution >= 0.6 is 11.6 Å². The van der Waals surface area contributed by atoms with Gasteiger partial charge in [-0.1, -0.05) is 23.7 Å². The van der Waals surface area contributed by atoms with Crippen LogP contribution in [0.5, 0.6) is 5.75 Å². The Bertz CT molecular complexity index is 849. The Morgan fingerprint density at radius 2 is 1.86 bits per heavy atom. The normalized spacial score (nSPS) is 14.6. The zero-order valence-electron chi connectivity index (χ0n) is 15.6. The van der Waals surface area contributed by atoms with Gasteiger partial charge in [-0.05, 0) is 48.7 Å². The predicted molar refractivity (Wildman–Crippen MR) is 105 cm³/mol. The van der Waals surface area contributed by atoms with Crippen LogP contribution in [0.3, 0.4) is 0 Å². The van der Waals surface area contributed by atoms with E-state index in [-0.39, 0.29) is 30.1 Å². The number of benzene rings is 2. The standard InChI is InChI=1S/C21H22ClFN2O3/c1-28-19-7-4-15(22)13-18(19)21(27)25-10-8-17(9-11-25)24-20(26)12-14-2-5-16(23)6-3-14/h2-7,13,17H,8-12H2,1H3,(H,24,26). The minimum Gasteiger partial charge on any atom is -0.496 e. The molecule has 0 unspecified atom stereocenters. The van der Waals surface area contributed by atoms with Crippen LogP contribution in [0.2, 0.25) is 5.02 Å². The molecule has 0 bridgehead atoms. The first kappa shape index (κ1) is 20.1.